The van der Waals surface area contributed by atoms with Gasteiger partial charge in [0.2, 0.25) is 5.91 Å². The van der Waals surface area contributed by atoms with Crippen molar-refractivity contribution in [1.29, 1.82) is 0 Å². The molecule has 0 bridgehead atoms. The van der Waals surface area contributed by atoms with Crippen LogP contribution in [0.4, 0.5) is 0 Å². The van der Waals surface area contributed by atoms with Gasteiger partial charge in [0.05, 0.1) is 6.61 Å². The quantitative estimate of drug-likeness (QED) is 0.767. The highest BCUT2D eigenvalue weighted by molar-refractivity contribution is 5.94. The molecule has 1 aromatic rings. The summed E-state index contributed by atoms with van der Waals surface area (Å²) in [5, 5.41) is 0. The van der Waals surface area contributed by atoms with Gasteiger partial charge in [0, 0.05) is 44.1 Å². The Labute approximate surface area is 162 Å². The SMILES string of the molecule is CC(C)CC(=O)N1CCC[C@@H](COc2ccc(C(=O)N3CCCC3)cc2)C1. The third kappa shape index (κ3) is 5.47. The van der Waals surface area contributed by atoms with Gasteiger partial charge in [-0.2, -0.15) is 0 Å². The summed E-state index contributed by atoms with van der Waals surface area (Å²) in [5.74, 6) is 1.94. The Bertz CT molecular complexity index is 635. The molecule has 2 aliphatic heterocycles. The molecule has 0 aliphatic carbocycles. The van der Waals surface area contributed by atoms with Crippen LogP contribution < -0.4 is 4.74 Å². The molecule has 5 nitrogen and oxygen atoms in total. The molecule has 0 unspecified atom stereocenters. The second-order valence-corrected chi connectivity index (χ2v) is 8.28. The second-order valence-electron chi connectivity index (χ2n) is 8.28. The molecule has 2 amide bonds. The van der Waals surface area contributed by atoms with E-state index in [1.165, 1.54) is 0 Å². The zero-order valence-electron chi connectivity index (χ0n) is 16.7. The molecule has 0 N–H and O–H groups in total. The smallest absolute Gasteiger partial charge is 0.253 e. The molecule has 27 heavy (non-hydrogen) atoms. The molecule has 0 saturated carbocycles. The van der Waals surface area contributed by atoms with E-state index in [2.05, 4.69) is 13.8 Å². The van der Waals surface area contributed by atoms with Crippen LogP contribution in [0.1, 0.15) is 56.3 Å². The lowest BCUT2D eigenvalue weighted by molar-refractivity contribution is -0.134. The fourth-order valence-corrected chi connectivity index (χ4v) is 3.92. The summed E-state index contributed by atoms with van der Waals surface area (Å²) in [6.07, 6.45) is 4.97. The van der Waals surface area contributed by atoms with Crippen LogP contribution in [0.5, 0.6) is 5.75 Å². The maximum atomic E-state index is 12.4. The highest BCUT2D eigenvalue weighted by atomic mass is 16.5. The van der Waals surface area contributed by atoms with Crippen molar-refractivity contribution in [3.8, 4) is 5.75 Å². The first-order valence-corrected chi connectivity index (χ1v) is 10.3. The minimum atomic E-state index is 0.116. The highest BCUT2D eigenvalue weighted by Gasteiger charge is 2.24. The summed E-state index contributed by atoms with van der Waals surface area (Å²) >= 11 is 0. The molecule has 3 rings (SSSR count). The molecule has 0 aromatic heterocycles. The lowest BCUT2D eigenvalue weighted by Crippen LogP contribution is -2.41. The van der Waals surface area contributed by atoms with E-state index in [9.17, 15) is 9.59 Å². The molecule has 2 heterocycles. The first-order valence-electron chi connectivity index (χ1n) is 10.3. The third-order valence-corrected chi connectivity index (χ3v) is 5.43. The molecule has 2 fully saturated rings. The molecule has 2 aliphatic rings. The standard InChI is InChI=1S/C22H32N2O3/c1-17(2)14-21(25)24-13-5-6-18(15-24)16-27-20-9-7-19(8-10-20)22(26)23-11-3-4-12-23/h7-10,17-18H,3-6,11-16H2,1-2H3/t18-/m1/s1. The zero-order chi connectivity index (χ0) is 19.2. The first-order chi connectivity index (χ1) is 13.0. The Balaban J connectivity index is 1.48. The Hall–Kier alpha value is -2.04. The summed E-state index contributed by atoms with van der Waals surface area (Å²) in [5.41, 5.74) is 0.729. The van der Waals surface area contributed by atoms with Gasteiger partial charge in [-0.15, -0.1) is 0 Å². The summed E-state index contributed by atoms with van der Waals surface area (Å²) in [6, 6.07) is 7.48. The van der Waals surface area contributed by atoms with Crippen LogP contribution in [-0.2, 0) is 4.79 Å². The van der Waals surface area contributed by atoms with Gasteiger partial charge in [0.15, 0.2) is 0 Å². The molecular weight excluding hydrogens is 340 g/mol. The predicted octanol–water partition coefficient (Wildman–Crippen LogP) is 3.59. The van der Waals surface area contributed by atoms with E-state index in [1.54, 1.807) is 0 Å². The average Bonchev–Trinajstić information content (AvgIpc) is 3.21. The predicted molar refractivity (Wildman–Crippen MR) is 106 cm³/mol. The van der Waals surface area contributed by atoms with Gasteiger partial charge in [-0.1, -0.05) is 13.8 Å². The molecule has 1 aromatic carbocycles. The van der Waals surface area contributed by atoms with Crippen LogP contribution in [0.15, 0.2) is 24.3 Å². The monoisotopic (exact) mass is 372 g/mol. The van der Waals surface area contributed by atoms with E-state index in [4.69, 9.17) is 4.74 Å². The van der Waals surface area contributed by atoms with Crippen molar-refractivity contribution in [2.45, 2.75) is 46.0 Å². The van der Waals surface area contributed by atoms with Gasteiger partial charge < -0.3 is 14.5 Å². The molecule has 1 atom stereocenters. The van der Waals surface area contributed by atoms with E-state index in [1.807, 2.05) is 34.1 Å². The second kappa shape index (κ2) is 9.25. The van der Waals surface area contributed by atoms with E-state index >= 15 is 0 Å². The number of carbonyl (C=O) groups excluding carboxylic acids is 2. The fourth-order valence-electron chi connectivity index (χ4n) is 3.92. The van der Waals surface area contributed by atoms with Crippen molar-refractivity contribution in [2.24, 2.45) is 11.8 Å². The summed E-state index contributed by atoms with van der Waals surface area (Å²) in [6.45, 7) is 8.17. The normalized spacial score (nSPS) is 20.2. The number of nitrogens with zero attached hydrogens (tertiary/aromatic N) is 2. The van der Waals surface area contributed by atoms with Crippen molar-refractivity contribution in [3.05, 3.63) is 29.8 Å². The number of rotatable bonds is 6. The largest absolute Gasteiger partial charge is 0.493 e. The van der Waals surface area contributed by atoms with Crippen LogP contribution in [0.25, 0.3) is 0 Å². The summed E-state index contributed by atoms with van der Waals surface area (Å²) in [7, 11) is 0. The number of carbonyl (C=O) groups is 2. The third-order valence-electron chi connectivity index (χ3n) is 5.43. The number of piperidine rings is 1. The minimum absolute atomic E-state index is 0.116. The Morgan fingerprint density at radius 3 is 2.37 bits per heavy atom. The molecular formula is C22H32N2O3. The maximum absolute atomic E-state index is 12.4. The van der Waals surface area contributed by atoms with Gasteiger partial charge in [-0.3, -0.25) is 9.59 Å². The van der Waals surface area contributed by atoms with E-state index in [0.717, 1.165) is 63.2 Å². The van der Waals surface area contributed by atoms with Crippen LogP contribution in [0, 0.1) is 11.8 Å². The number of hydrogen-bond donors (Lipinski definition) is 0. The van der Waals surface area contributed by atoms with Crippen molar-refractivity contribution < 1.29 is 14.3 Å². The van der Waals surface area contributed by atoms with Crippen molar-refractivity contribution >= 4 is 11.8 Å². The van der Waals surface area contributed by atoms with Gasteiger partial charge in [0.1, 0.15) is 5.75 Å². The van der Waals surface area contributed by atoms with Crippen LogP contribution >= 0.6 is 0 Å². The highest BCUT2D eigenvalue weighted by Crippen LogP contribution is 2.21. The van der Waals surface area contributed by atoms with Crippen molar-refractivity contribution in [3.63, 3.8) is 0 Å². The molecule has 148 valence electrons. The number of ether oxygens (including phenoxy) is 1. The van der Waals surface area contributed by atoms with Crippen LogP contribution in [0.2, 0.25) is 0 Å². The molecule has 5 heteroatoms. The average molecular weight is 373 g/mol. The van der Waals surface area contributed by atoms with Gasteiger partial charge in [-0.05, 0) is 55.9 Å². The van der Waals surface area contributed by atoms with Gasteiger partial charge >= 0.3 is 0 Å². The minimum Gasteiger partial charge on any atom is -0.493 e. The number of hydrogen-bond acceptors (Lipinski definition) is 3. The zero-order valence-corrected chi connectivity index (χ0v) is 16.7. The molecule has 0 spiro atoms. The first kappa shape index (κ1) is 19.7. The fraction of sp³-hybridized carbons (Fsp3) is 0.636. The molecule has 2 saturated heterocycles. The van der Waals surface area contributed by atoms with Crippen LogP contribution in [0.3, 0.4) is 0 Å². The van der Waals surface area contributed by atoms with E-state index < -0.39 is 0 Å². The number of likely N-dealkylation sites (tertiary alicyclic amines) is 2. The number of amides is 2. The van der Waals surface area contributed by atoms with Gasteiger partial charge in [0.25, 0.3) is 5.91 Å². The van der Waals surface area contributed by atoms with Crippen molar-refractivity contribution in [2.75, 3.05) is 32.8 Å². The van der Waals surface area contributed by atoms with Crippen molar-refractivity contribution in [1.82, 2.24) is 9.80 Å². The lowest BCUT2D eigenvalue weighted by Gasteiger charge is -2.33. The Morgan fingerprint density at radius 2 is 1.70 bits per heavy atom. The van der Waals surface area contributed by atoms with Gasteiger partial charge in [-0.25, -0.2) is 0 Å². The topological polar surface area (TPSA) is 49.9 Å². The Kier molecular flexibility index (Phi) is 6.75. The van der Waals surface area contributed by atoms with E-state index in [-0.39, 0.29) is 11.8 Å². The molecule has 0 radical (unpaired) electrons. The summed E-state index contributed by atoms with van der Waals surface area (Å²) in [4.78, 5) is 28.6. The number of benzene rings is 1. The Morgan fingerprint density at radius 1 is 1.04 bits per heavy atom. The summed E-state index contributed by atoms with van der Waals surface area (Å²) < 4.78 is 5.95. The van der Waals surface area contributed by atoms with E-state index in [0.29, 0.717) is 24.9 Å². The van der Waals surface area contributed by atoms with Crippen LogP contribution in [-0.4, -0.2) is 54.4 Å². The maximum Gasteiger partial charge on any atom is 0.253 e. The lowest BCUT2D eigenvalue weighted by atomic mass is 9.98.